The van der Waals surface area contributed by atoms with Crippen LogP contribution in [0.3, 0.4) is 0 Å². The van der Waals surface area contributed by atoms with Gasteiger partial charge in [-0.1, -0.05) is 12.5 Å². The summed E-state index contributed by atoms with van der Waals surface area (Å²) in [5, 5.41) is 13.1. The van der Waals surface area contributed by atoms with Crippen molar-refractivity contribution in [3.05, 3.63) is 22.4 Å². The van der Waals surface area contributed by atoms with Gasteiger partial charge >= 0.3 is 0 Å². The van der Waals surface area contributed by atoms with Gasteiger partial charge in [0.2, 0.25) is 0 Å². The van der Waals surface area contributed by atoms with Gasteiger partial charge in [0.1, 0.15) is 0 Å². The van der Waals surface area contributed by atoms with E-state index in [-0.39, 0.29) is 12.4 Å². The minimum absolute atomic E-state index is 0. The first-order valence-electron chi connectivity index (χ1n) is 5.21. The van der Waals surface area contributed by atoms with Crippen molar-refractivity contribution in [1.29, 1.82) is 5.41 Å². The Hall–Kier alpha value is -0.540. The van der Waals surface area contributed by atoms with Gasteiger partial charge in [0.25, 0.3) is 0 Å². The normalized spacial score (nSPS) is 21.3. The standard InChI is InChI=1S/C11H16N2S.ClH/c12-11-6-2-1-4-9(13-11)8-10-5-3-7-14-10;/h3,5,7,9H,1-2,4,6,8H2,(H2,12,13);1H. The molecule has 0 aliphatic carbocycles. The number of amidine groups is 1. The van der Waals surface area contributed by atoms with Crippen LogP contribution in [0, 0.1) is 5.41 Å². The molecule has 1 unspecified atom stereocenters. The zero-order valence-electron chi connectivity index (χ0n) is 8.66. The first kappa shape index (κ1) is 12.5. The van der Waals surface area contributed by atoms with Gasteiger partial charge in [-0.05, 0) is 24.3 Å². The highest BCUT2D eigenvalue weighted by Gasteiger charge is 2.14. The molecule has 1 atom stereocenters. The number of hydrogen-bond donors (Lipinski definition) is 2. The molecule has 1 aliphatic heterocycles. The van der Waals surface area contributed by atoms with Crippen LogP contribution in [0.1, 0.15) is 30.6 Å². The minimum atomic E-state index is 0. The maximum atomic E-state index is 7.68. The maximum Gasteiger partial charge on any atom is 0.0933 e. The summed E-state index contributed by atoms with van der Waals surface area (Å²) in [5.41, 5.74) is 0. The minimum Gasteiger partial charge on any atom is -0.371 e. The molecule has 15 heavy (non-hydrogen) atoms. The molecule has 0 saturated carbocycles. The van der Waals surface area contributed by atoms with Gasteiger partial charge in [-0.25, -0.2) is 0 Å². The fraction of sp³-hybridized carbons (Fsp3) is 0.545. The van der Waals surface area contributed by atoms with Crippen molar-refractivity contribution in [2.45, 2.75) is 38.1 Å². The third kappa shape index (κ3) is 3.84. The van der Waals surface area contributed by atoms with Crippen molar-refractivity contribution in [3.8, 4) is 0 Å². The predicted molar refractivity (Wildman–Crippen MR) is 68.4 cm³/mol. The Morgan fingerprint density at radius 3 is 3.07 bits per heavy atom. The van der Waals surface area contributed by atoms with Crippen molar-refractivity contribution in [3.63, 3.8) is 0 Å². The quantitative estimate of drug-likeness (QED) is 0.824. The van der Waals surface area contributed by atoms with E-state index in [1.54, 1.807) is 0 Å². The summed E-state index contributed by atoms with van der Waals surface area (Å²) in [6, 6.07) is 4.77. The second-order valence-electron chi connectivity index (χ2n) is 3.85. The van der Waals surface area contributed by atoms with Gasteiger partial charge in [0, 0.05) is 23.8 Å². The summed E-state index contributed by atoms with van der Waals surface area (Å²) in [5.74, 6) is 0.726. The Morgan fingerprint density at radius 1 is 1.47 bits per heavy atom. The lowest BCUT2D eigenvalue weighted by Crippen LogP contribution is -2.33. The number of nitrogens with one attached hydrogen (secondary N) is 2. The Morgan fingerprint density at radius 2 is 2.33 bits per heavy atom. The molecule has 0 radical (unpaired) electrons. The van der Waals surface area contributed by atoms with Crippen molar-refractivity contribution >= 4 is 29.6 Å². The second kappa shape index (κ2) is 6.13. The van der Waals surface area contributed by atoms with Crippen LogP contribution in [0.5, 0.6) is 0 Å². The molecule has 1 aromatic rings. The second-order valence-corrected chi connectivity index (χ2v) is 4.88. The molecule has 84 valence electrons. The molecule has 1 saturated heterocycles. The summed E-state index contributed by atoms with van der Waals surface area (Å²) in [6.07, 6.45) is 5.65. The fourth-order valence-electron chi connectivity index (χ4n) is 1.91. The lowest BCUT2D eigenvalue weighted by Gasteiger charge is -2.15. The SMILES string of the molecule is Cl.N=C1CCCCC(Cc2cccs2)N1. The molecule has 2 heterocycles. The van der Waals surface area contributed by atoms with Crippen molar-refractivity contribution < 1.29 is 0 Å². The van der Waals surface area contributed by atoms with Gasteiger partial charge in [-0.2, -0.15) is 0 Å². The van der Waals surface area contributed by atoms with E-state index in [2.05, 4.69) is 22.8 Å². The van der Waals surface area contributed by atoms with Gasteiger partial charge < -0.3 is 5.32 Å². The molecule has 1 fully saturated rings. The number of halogens is 1. The van der Waals surface area contributed by atoms with E-state index in [0.717, 1.165) is 18.7 Å². The van der Waals surface area contributed by atoms with Crippen LogP contribution in [0.15, 0.2) is 17.5 Å². The largest absolute Gasteiger partial charge is 0.371 e. The van der Waals surface area contributed by atoms with Crippen LogP contribution >= 0.6 is 23.7 Å². The Balaban J connectivity index is 0.00000112. The Kier molecular flexibility index (Phi) is 5.12. The van der Waals surface area contributed by atoms with Crippen LogP contribution in [0.4, 0.5) is 0 Å². The maximum absolute atomic E-state index is 7.68. The summed E-state index contributed by atoms with van der Waals surface area (Å²) >= 11 is 1.81. The number of hydrogen-bond acceptors (Lipinski definition) is 2. The van der Waals surface area contributed by atoms with Gasteiger partial charge in [0.15, 0.2) is 0 Å². The highest BCUT2D eigenvalue weighted by Crippen LogP contribution is 2.16. The lowest BCUT2D eigenvalue weighted by atomic mass is 10.1. The molecular formula is C11H17ClN2S. The first-order valence-corrected chi connectivity index (χ1v) is 6.09. The van der Waals surface area contributed by atoms with Crippen molar-refractivity contribution in [1.82, 2.24) is 5.32 Å². The molecule has 4 heteroatoms. The summed E-state index contributed by atoms with van der Waals surface area (Å²) in [7, 11) is 0. The molecule has 0 spiro atoms. The highest BCUT2D eigenvalue weighted by atomic mass is 35.5. The van der Waals surface area contributed by atoms with Gasteiger partial charge in [-0.3, -0.25) is 5.41 Å². The smallest absolute Gasteiger partial charge is 0.0933 e. The highest BCUT2D eigenvalue weighted by molar-refractivity contribution is 7.09. The molecule has 0 aromatic carbocycles. The zero-order chi connectivity index (χ0) is 9.80. The molecule has 0 amide bonds. The van der Waals surface area contributed by atoms with Crippen LogP contribution in [0.25, 0.3) is 0 Å². The Labute approximate surface area is 101 Å². The van der Waals surface area contributed by atoms with E-state index >= 15 is 0 Å². The van der Waals surface area contributed by atoms with Crippen LogP contribution < -0.4 is 5.32 Å². The molecule has 1 aromatic heterocycles. The van der Waals surface area contributed by atoms with Crippen LogP contribution in [-0.2, 0) is 6.42 Å². The molecular weight excluding hydrogens is 228 g/mol. The van der Waals surface area contributed by atoms with Gasteiger partial charge in [-0.15, -0.1) is 23.7 Å². The van der Waals surface area contributed by atoms with Gasteiger partial charge in [0.05, 0.1) is 5.84 Å². The van der Waals surface area contributed by atoms with Crippen LogP contribution in [0.2, 0.25) is 0 Å². The monoisotopic (exact) mass is 244 g/mol. The van der Waals surface area contributed by atoms with E-state index < -0.39 is 0 Å². The van der Waals surface area contributed by atoms with E-state index in [1.807, 2.05) is 11.3 Å². The average molecular weight is 245 g/mol. The molecule has 1 aliphatic rings. The van der Waals surface area contributed by atoms with E-state index in [4.69, 9.17) is 5.41 Å². The third-order valence-electron chi connectivity index (χ3n) is 2.64. The third-order valence-corrected chi connectivity index (χ3v) is 3.53. The summed E-state index contributed by atoms with van der Waals surface area (Å²) in [6.45, 7) is 0. The fourth-order valence-corrected chi connectivity index (χ4v) is 2.69. The van der Waals surface area contributed by atoms with E-state index in [0.29, 0.717) is 6.04 Å². The molecule has 2 N–H and O–H groups in total. The zero-order valence-corrected chi connectivity index (χ0v) is 10.3. The topological polar surface area (TPSA) is 35.9 Å². The molecule has 0 bridgehead atoms. The van der Waals surface area contributed by atoms with E-state index in [1.165, 1.54) is 24.1 Å². The lowest BCUT2D eigenvalue weighted by molar-refractivity contribution is 0.552. The predicted octanol–water partition coefficient (Wildman–Crippen LogP) is 3.22. The summed E-state index contributed by atoms with van der Waals surface area (Å²) < 4.78 is 0. The molecule has 2 rings (SSSR count). The van der Waals surface area contributed by atoms with Crippen LogP contribution in [-0.4, -0.2) is 11.9 Å². The first-order chi connectivity index (χ1) is 6.84. The average Bonchev–Trinajstić information content (AvgIpc) is 2.56. The Bertz CT molecular complexity index is 298. The van der Waals surface area contributed by atoms with Crippen molar-refractivity contribution in [2.75, 3.05) is 0 Å². The van der Waals surface area contributed by atoms with E-state index in [9.17, 15) is 0 Å². The van der Waals surface area contributed by atoms with Crippen molar-refractivity contribution in [2.24, 2.45) is 0 Å². The molecule has 2 nitrogen and oxygen atoms in total. The summed E-state index contributed by atoms with van der Waals surface area (Å²) in [4.78, 5) is 1.43. The number of thiophene rings is 1. The number of rotatable bonds is 2.